The van der Waals surface area contributed by atoms with Gasteiger partial charge < -0.3 is 16.2 Å². The van der Waals surface area contributed by atoms with E-state index in [1.54, 1.807) is 25.1 Å². The van der Waals surface area contributed by atoms with Crippen LogP contribution in [0.1, 0.15) is 35.2 Å². The molecule has 2 unspecified atom stereocenters. The first-order valence-corrected chi connectivity index (χ1v) is 6.39. The number of phenolic OH excluding ortho intramolecular Hbond substituents is 1. The van der Waals surface area contributed by atoms with E-state index >= 15 is 0 Å². The highest BCUT2D eigenvalue weighted by Crippen LogP contribution is 2.23. The molecule has 98 valence electrons. The summed E-state index contributed by atoms with van der Waals surface area (Å²) in [5, 5.41) is 12.3. The van der Waals surface area contributed by atoms with Crippen LogP contribution in [0.2, 0.25) is 0 Å². The van der Waals surface area contributed by atoms with Crippen molar-refractivity contribution in [2.24, 2.45) is 11.7 Å². The monoisotopic (exact) mass is 248 g/mol. The minimum atomic E-state index is -0.0847. The molecule has 4 nitrogen and oxygen atoms in total. The molecule has 1 aromatic rings. The number of rotatable bonds is 3. The molecule has 1 amide bonds. The van der Waals surface area contributed by atoms with Gasteiger partial charge in [0.25, 0.3) is 5.91 Å². The molecule has 1 aliphatic rings. The molecule has 1 saturated carbocycles. The number of carbonyl (C=O) groups excluding carboxylic acids is 1. The van der Waals surface area contributed by atoms with Crippen molar-refractivity contribution in [3.05, 3.63) is 29.3 Å². The summed E-state index contributed by atoms with van der Waals surface area (Å²) in [6, 6.07) is 5.18. The Balaban J connectivity index is 1.89. The molecule has 1 fully saturated rings. The zero-order chi connectivity index (χ0) is 13.1. The lowest BCUT2D eigenvalue weighted by atomic mass is 10.1. The zero-order valence-corrected chi connectivity index (χ0v) is 10.6. The smallest absolute Gasteiger partial charge is 0.251 e. The highest BCUT2D eigenvalue weighted by Gasteiger charge is 2.22. The molecule has 4 N–H and O–H groups in total. The van der Waals surface area contributed by atoms with Crippen LogP contribution in [0.4, 0.5) is 0 Å². The number of benzene rings is 1. The molecule has 4 heteroatoms. The highest BCUT2D eigenvalue weighted by molar-refractivity contribution is 5.94. The topological polar surface area (TPSA) is 75.4 Å². The summed E-state index contributed by atoms with van der Waals surface area (Å²) < 4.78 is 0. The molecular weight excluding hydrogens is 228 g/mol. The van der Waals surface area contributed by atoms with Crippen molar-refractivity contribution in [3.63, 3.8) is 0 Å². The molecule has 0 radical (unpaired) electrons. The van der Waals surface area contributed by atoms with Gasteiger partial charge in [-0.1, -0.05) is 0 Å². The molecule has 18 heavy (non-hydrogen) atoms. The number of amides is 1. The molecule has 0 saturated heterocycles. The Kier molecular flexibility index (Phi) is 3.87. The summed E-state index contributed by atoms with van der Waals surface area (Å²) in [5.74, 6) is 0.633. The molecule has 0 bridgehead atoms. The molecule has 0 aliphatic heterocycles. The van der Waals surface area contributed by atoms with Gasteiger partial charge in [0, 0.05) is 18.2 Å². The number of hydrogen-bond acceptors (Lipinski definition) is 3. The molecule has 1 aromatic carbocycles. The quantitative estimate of drug-likeness (QED) is 0.759. The Bertz CT molecular complexity index is 445. The summed E-state index contributed by atoms with van der Waals surface area (Å²) in [4.78, 5) is 11.9. The van der Waals surface area contributed by atoms with Gasteiger partial charge in [0.1, 0.15) is 5.75 Å². The van der Waals surface area contributed by atoms with Crippen LogP contribution in [0.15, 0.2) is 18.2 Å². The van der Waals surface area contributed by atoms with Crippen molar-refractivity contribution >= 4 is 5.91 Å². The second kappa shape index (κ2) is 5.40. The maximum atomic E-state index is 11.9. The van der Waals surface area contributed by atoms with E-state index in [4.69, 9.17) is 5.73 Å². The van der Waals surface area contributed by atoms with Gasteiger partial charge in [-0.25, -0.2) is 0 Å². The first-order chi connectivity index (χ1) is 8.56. The van der Waals surface area contributed by atoms with Gasteiger partial charge in [-0.2, -0.15) is 0 Å². The Hall–Kier alpha value is -1.55. The van der Waals surface area contributed by atoms with Gasteiger partial charge in [0.05, 0.1) is 0 Å². The standard InChI is InChI=1S/C14H20N2O2/c1-9-6-11(3-5-13(9)17)14(18)16-8-10-2-4-12(15)7-10/h3,5-6,10,12,17H,2,4,7-8,15H2,1H3,(H,16,18). The molecule has 0 aromatic heterocycles. The lowest BCUT2D eigenvalue weighted by Gasteiger charge is -2.11. The van der Waals surface area contributed by atoms with E-state index in [0.717, 1.165) is 19.3 Å². The minimum Gasteiger partial charge on any atom is -0.508 e. The molecule has 1 aliphatic carbocycles. The van der Waals surface area contributed by atoms with Crippen LogP contribution in [0.5, 0.6) is 5.75 Å². The van der Waals surface area contributed by atoms with Crippen LogP contribution < -0.4 is 11.1 Å². The van der Waals surface area contributed by atoms with Crippen molar-refractivity contribution in [1.29, 1.82) is 0 Å². The fourth-order valence-corrected chi connectivity index (χ4v) is 2.43. The number of carbonyl (C=O) groups is 1. The fourth-order valence-electron chi connectivity index (χ4n) is 2.43. The summed E-state index contributed by atoms with van der Waals surface area (Å²) >= 11 is 0. The van der Waals surface area contributed by atoms with E-state index in [-0.39, 0.29) is 11.7 Å². The Labute approximate surface area is 107 Å². The average molecular weight is 248 g/mol. The third-order valence-corrected chi connectivity index (χ3v) is 3.59. The molecule has 2 atom stereocenters. The minimum absolute atomic E-state index is 0.0847. The second-order valence-corrected chi connectivity index (χ2v) is 5.15. The van der Waals surface area contributed by atoms with Crippen molar-refractivity contribution < 1.29 is 9.90 Å². The van der Waals surface area contributed by atoms with Gasteiger partial charge in [-0.15, -0.1) is 0 Å². The molecule has 2 rings (SSSR count). The third-order valence-electron chi connectivity index (χ3n) is 3.59. The first-order valence-electron chi connectivity index (χ1n) is 6.39. The zero-order valence-electron chi connectivity index (χ0n) is 10.6. The van der Waals surface area contributed by atoms with Crippen molar-refractivity contribution in [1.82, 2.24) is 5.32 Å². The summed E-state index contributed by atoms with van der Waals surface area (Å²) in [7, 11) is 0. The normalized spacial score (nSPS) is 23.0. The Morgan fingerprint density at radius 1 is 1.50 bits per heavy atom. The Morgan fingerprint density at radius 3 is 2.89 bits per heavy atom. The van der Waals surface area contributed by atoms with Crippen molar-refractivity contribution in [3.8, 4) is 5.75 Å². The average Bonchev–Trinajstić information content (AvgIpc) is 2.75. The molecule has 0 spiro atoms. The maximum absolute atomic E-state index is 11.9. The predicted octanol–water partition coefficient (Wildman–Crippen LogP) is 1.56. The molecule has 0 heterocycles. The van der Waals surface area contributed by atoms with E-state index in [1.165, 1.54) is 0 Å². The SMILES string of the molecule is Cc1cc(C(=O)NCC2CCC(N)C2)ccc1O. The number of nitrogens with one attached hydrogen (secondary N) is 1. The summed E-state index contributed by atoms with van der Waals surface area (Å²) in [6.45, 7) is 2.47. The first kappa shape index (κ1) is 12.9. The van der Waals surface area contributed by atoms with Gasteiger partial charge in [-0.3, -0.25) is 4.79 Å². The van der Waals surface area contributed by atoms with Crippen LogP contribution in [-0.4, -0.2) is 23.6 Å². The van der Waals surface area contributed by atoms with E-state index in [1.807, 2.05) is 0 Å². The molecular formula is C14H20N2O2. The summed E-state index contributed by atoms with van der Waals surface area (Å²) in [5.41, 5.74) is 7.14. The van der Waals surface area contributed by atoms with E-state index in [2.05, 4.69) is 5.32 Å². The number of hydrogen-bond donors (Lipinski definition) is 3. The maximum Gasteiger partial charge on any atom is 0.251 e. The lowest BCUT2D eigenvalue weighted by Crippen LogP contribution is -2.29. The fraction of sp³-hybridized carbons (Fsp3) is 0.500. The van der Waals surface area contributed by atoms with Crippen LogP contribution in [0.3, 0.4) is 0 Å². The third kappa shape index (κ3) is 3.01. The number of nitrogens with two attached hydrogens (primary N) is 1. The van der Waals surface area contributed by atoms with Crippen LogP contribution in [-0.2, 0) is 0 Å². The van der Waals surface area contributed by atoms with Crippen LogP contribution in [0, 0.1) is 12.8 Å². The van der Waals surface area contributed by atoms with E-state index in [9.17, 15) is 9.90 Å². The largest absolute Gasteiger partial charge is 0.508 e. The lowest BCUT2D eigenvalue weighted by molar-refractivity contribution is 0.0947. The van der Waals surface area contributed by atoms with E-state index in [0.29, 0.717) is 29.6 Å². The van der Waals surface area contributed by atoms with E-state index < -0.39 is 0 Å². The van der Waals surface area contributed by atoms with Gasteiger partial charge >= 0.3 is 0 Å². The number of aryl methyl sites for hydroxylation is 1. The Morgan fingerprint density at radius 2 is 2.28 bits per heavy atom. The van der Waals surface area contributed by atoms with Crippen LogP contribution >= 0.6 is 0 Å². The van der Waals surface area contributed by atoms with Gasteiger partial charge in [0.15, 0.2) is 0 Å². The van der Waals surface area contributed by atoms with Crippen LogP contribution in [0.25, 0.3) is 0 Å². The predicted molar refractivity (Wildman–Crippen MR) is 70.5 cm³/mol. The van der Waals surface area contributed by atoms with Crippen molar-refractivity contribution in [2.75, 3.05) is 6.54 Å². The van der Waals surface area contributed by atoms with Crippen molar-refractivity contribution in [2.45, 2.75) is 32.2 Å². The van der Waals surface area contributed by atoms with Gasteiger partial charge in [-0.05, 0) is 55.9 Å². The summed E-state index contributed by atoms with van der Waals surface area (Å²) in [6.07, 6.45) is 3.14. The number of aromatic hydroxyl groups is 1. The van der Waals surface area contributed by atoms with Gasteiger partial charge in [0.2, 0.25) is 0 Å². The second-order valence-electron chi connectivity index (χ2n) is 5.15. The highest BCUT2D eigenvalue weighted by atomic mass is 16.3. The number of phenols is 1.